The zero-order valence-corrected chi connectivity index (χ0v) is 15.8. The van der Waals surface area contributed by atoms with Crippen LogP contribution in [-0.2, 0) is 13.6 Å². The van der Waals surface area contributed by atoms with E-state index < -0.39 is 0 Å². The first-order valence-electron chi connectivity index (χ1n) is 8.74. The summed E-state index contributed by atoms with van der Waals surface area (Å²) in [5.41, 5.74) is 2.64. The third kappa shape index (κ3) is 3.52. The first-order chi connectivity index (χ1) is 12.5. The Morgan fingerprint density at radius 1 is 1.15 bits per heavy atom. The maximum absolute atomic E-state index is 12.9. The van der Waals surface area contributed by atoms with Crippen LogP contribution in [0, 0.1) is 6.92 Å². The zero-order chi connectivity index (χ0) is 18.7. The molecule has 0 radical (unpaired) electrons. The minimum Gasteiger partial charge on any atom is -0.468 e. The summed E-state index contributed by atoms with van der Waals surface area (Å²) in [5.74, 6) is 0.911. The van der Waals surface area contributed by atoms with Crippen LogP contribution < -0.4 is 10.9 Å². The van der Waals surface area contributed by atoms with Crippen molar-refractivity contribution in [3.63, 3.8) is 0 Å². The zero-order valence-electron chi connectivity index (χ0n) is 15.8. The Bertz CT molecular complexity index is 892. The SMILES string of the molecule is Cc1c(CNCC(c2ccco2)N(C)C)c(=O)n(-c2ccccc2)n1C. The van der Waals surface area contributed by atoms with Gasteiger partial charge >= 0.3 is 0 Å². The number of aromatic nitrogens is 2. The van der Waals surface area contributed by atoms with Crippen LogP contribution >= 0.6 is 0 Å². The highest BCUT2D eigenvalue weighted by Gasteiger charge is 2.19. The molecule has 26 heavy (non-hydrogen) atoms. The number of hydrogen-bond donors (Lipinski definition) is 1. The van der Waals surface area contributed by atoms with E-state index in [1.54, 1.807) is 10.9 Å². The van der Waals surface area contributed by atoms with E-state index in [2.05, 4.69) is 10.2 Å². The van der Waals surface area contributed by atoms with Crippen LogP contribution in [0.25, 0.3) is 5.69 Å². The van der Waals surface area contributed by atoms with E-state index in [-0.39, 0.29) is 11.6 Å². The van der Waals surface area contributed by atoms with Gasteiger partial charge in [0.05, 0.1) is 23.6 Å². The Balaban J connectivity index is 1.78. The Hall–Kier alpha value is -2.57. The first kappa shape index (κ1) is 18.2. The molecule has 0 aliphatic heterocycles. The van der Waals surface area contributed by atoms with E-state index in [9.17, 15) is 4.79 Å². The van der Waals surface area contributed by atoms with Gasteiger partial charge in [-0.2, -0.15) is 0 Å². The van der Waals surface area contributed by atoms with Gasteiger partial charge in [-0.3, -0.25) is 14.4 Å². The Morgan fingerprint density at radius 2 is 1.88 bits per heavy atom. The normalized spacial score (nSPS) is 12.7. The summed E-state index contributed by atoms with van der Waals surface area (Å²) in [6.07, 6.45) is 1.69. The molecule has 3 aromatic rings. The Labute approximate surface area is 153 Å². The molecule has 0 spiro atoms. The van der Waals surface area contributed by atoms with Crippen molar-refractivity contribution in [3.05, 3.63) is 76.1 Å². The molecule has 1 unspecified atom stereocenters. The lowest BCUT2D eigenvalue weighted by atomic mass is 10.2. The summed E-state index contributed by atoms with van der Waals surface area (Å²) in [6, 6.07) is 13.7. The molecule has 0 saturated carbocycles. The van der Waals surface area contributed by atoms with E-state index in [1.165, 1.54) is 0 Å². The molecule has 1 aromatic carbocycles. The fraction of sp³-hybridized carbons (Fsp3) is 0.350. The van der Waals surface area contributed by atoms with Crippen LogP contribution in [0.15, 0.2) is 57.9 Å². The van der Waals surface area contributed by atoms with Crippen LogP contribution in [0.1, 0.15) is 23.1 Å². The van der Waals surface area contributed by atoms with Gasteiger partial charge in [0, 0.05) is 25.8 Å². The average Bonchev–Trinajstić information content (AvgIpc) is 3.22. The van der Waals surface area contributed by atoms with Gasteiger partial charge in [-0.25, -0.2) is 4.68 Å². The van der Waals surface area contributed by atoms with Crippen LogP contribution in [-0.4, -0.2) is 34.9 Å². The van der Waals surface area contributed by atoms with Gasteiger partial charge in [0.1, 0.15) is 5.76 Å². The van der Waals surface area contributed by atoms with Gasteiger partial charge in [0.25, 0.3) is 5.56 Å². The molecule has 0 fully saturated rings. The number of rotatable bonds is 7. The van der Waals surface area contributed by atoms with E-state index in [0.717, 1.165) is 22.7 Å². The predicted octanol–water partition coefficient (Wildman–Crippen LogP) is 2.47. The molecule has 0 bridgehead atoms. The standard InChI is InChI=1S/C20H26N4O2/c1-15-17(13-21-14-18(22(2)3)19-11-8-12-26-19)20(25)24(23(15)4)16-9-6-5-7-10-16/h5-12,18,21H,13-14H2,1-4H3. The maximum atomic E-state index is 12.9. The smallest absolute Gasteiger partial charge is 0.276 e. The summed E-state index contributed by atoms with van der Waals surface area (Å²) in [7, 11) is 5.95. The molecule has 0 saturated heterocycles. The van der Waals surface area contributed by atoms with Crippen LogP contribution in [0.3, 0.4) is 0 Å². The monoisotopic (exact) mass is 354 g/mol. The molecule has 1 N–H and O–H groups in total. The van der Waals surface area contributed by atoms with E-state index in [1.807, 2.05) is 75.2 Å². The van der Waals surface area contributed by atoms with Crippen molar-refractivity contribution in [3.8, 4) is 5.69 Å². The third-order valence-electron chi connectivity index (χ3n) is 4.81. The molecule has 3 rings (SSSR count). The van der Waals surface area contributed by atoms with E-state index >= 15 is 0 Å². The summed E-state index contributed by atoms with van der Waals surface area (Å²) in [4.78, 5) is 15.0. The van der Waals surface area contributed by atoms with Crippen LogP contribution in [0.2, 0.25) is 0 Å². The molecule has 2 heterocycles. The van der Waals surface area contributed by atoms with Crippen LogP contribution in [0.4, 0.5) is 0 Å². The van der Waals surface area contributed by atoms with Crippen molar-refractivity contribution >= 4 is 0 Å². The van der Waals surface area contributed by atoms with Crippen LogP contribution in [0.5, 0.6) is 0 Å². The lowest BCUT2D eigenvalue weighted by Crippen LogP contribution is -2.32. The second-order valence-electron chi connectivity index (χ2n) is 6.67. The highest BCUT2D eigenvalue weighted by atomic mass is 16.3. The Kier molecular flexibility index (Phi) is 5.44. The fourth-order valence-electron chi connectivity index (χ4n) is 3.18. The summed E-state index contributed by atoms with van der Waals surface area (Å²) in [5, 5.41) is 3.42. The second-order valence-corrected chi connectivity index (χ2v) is 6.67. The van der Waals surface area contributed by atoms with Crippen molar-refractivity contribution in [1.29, 1.82) is 0 Å². The molecular weight excluding hydrogens is 328 g/mol. The van der Waals surface area contributed by atoms with Crippen molar-refractivity contribution in [1.82, 2.24) is 19.6 Å². The number of para-hydroxylation sites is 1. The highest BCUT2D eigenvalue weighted by molar-refractivity contribution is 5.33. The molecule has 0 amide bonds. The molecule has 2 aromatic heterocycles. The number of benzene rings is 1. The largest absolute Gasteiger partial charge is 0.468 e. The molecule has 1 atom stereocenters. The minimum atomic E-state index is 0.0168. The second kappa shape index (κ2) is 7.76. The number of hydrogen-bond acceptors (Lipinski definition) is 4. The van der Waals surface area contributed by atoms with E-state index in [4.69, 9.17) is 4.42 Å². The number of likely N-dealkylation sites (N-methyl/N-ethyl adjacent to an activating group) is 1. The van der Waals surface area contributed by atoms with Crippen molar-refractivity contribution < 1.29 is 4.42 Å². The summed E-state index contributed by atoms with van der Waals surface area (Å²) >= 11 is 0. The van der Waals surface area contributed by atoms with Crippen molar-refractivity contribution in [2.24, 2.45) is 7.05 Å². The molecule has 0 aliphatic carbocycles. The van der Waals surface area contributed by atoms with Gasteiger partial charge < -0.3 is 9.73 Å². The van der Waals surface area contributed by atoms with Gasteiger partial charge in [-0.1, -0.05) is 18.2 Å². The lowest BCUT2D eigenvalue weighted by Gasteiger charge is -2.22. The average molecular weight is 354 g/mol. The lowest BCUT2D eigenvalue weighted by molar-refractivity contribution is 0.250. The molecular formula is C20H26N4O2. The predicted molar refractivity (Wildman–Crippen MR) is 103 cm³/mol. The number of nitrogens with zero attached hydrogens (tertiary/aromatic N) is 3. The minimum absolute atomic E-state index is 0.0168. The summed E-state index contributed by atoms with van der Waals surface area (Å²) < 4.78 is 9.15. The fourth-order valence-corrected chi connectivity index (χ4v) is 3.18. The highest BCUT2D eigenvalue weighted by Crippen LogP contribution is 2.18. The van der Waals surface area contributed by atoms with Gasteiger partial charge in [0.15, 0.2) is 0 Å². The molecule has 0 aliphatic rings. The maximum Gasteiger partial charge on any atom is 0.276 e. The summed E-state index contributed by atoms with van der Waals surface area (Å²) in [6.45, 7) is 3.19. The first-order valence-corrected chi connectivity index (χ1v) is 8.74. The van der Waals surface area contributed by atoms with Crippen molar-refractivity contribution in [2.75, 3.05) is 20.6 Å². The number of nitrogens with one attached hydrogen (secondary N) is 1. The quantitative estimate of drug-likeness (QED) is 0.708. The van der Waals surface area contributed by atoms with Gasteiger partial charge in [-0.05, 0) is 45.3 Å². The number of furan rings is 1. The van der Waals surface area contributed by atoms with Crippen molar-refractivity contribution in [2.45, 2.75) is 19.5 Å². The van der Waals surface area contributed by atoms with Gasteiger partial charge in [0.2, 0.25) is 0 Å². The molecule has 6 heteroatoms. The Morgan fingerprint density at radius 3 is 2.50 bits per heavy atom. The molecule has 138 valence electrons. The molecule has 6 nitrogen and oxygen atoms in total. The topological polar surface area (TPSA) is 55.3 Å². The third-order valence-corrected chi connectivity index (χ3v) is 4.81. The van der Waals surface area contributed by atoms with E-state index in [0.29, 0.717) is 13.1 Å². The van der Waals surface area contributed by atoms with Gasteiger partial charge in [-0.15, -0.1) is 0 Å².